The van der Waals surface area contributed by atoms with E-state index in [4.69, 9.17) is 9.47 Å². The highest BCUT2D eigenvalue weighted by molar-refractivity contribution is 5.58. The summed E-state index contributed by atoms with van der Waals surface area (Å²) in [4.78, 5) is 4.27. The van der Waals surface area contributed by atoms with Crippen LogP contribution in [0.15, 0.2) is 60.7 Å². The number of hydrogen-bond acceptors (Lipinski definition) is 7. The Morgan fingerprint density at radius 2 is 1.71 bits per heavy atom. The second-order valence-electron chi connectivity index (χ2n) is 7.89. The molecule has 2 aliphatic rings. The van der Waals surface area contributed by atoms with E-state index in [9.17, 15) is 15.6 Å². The van der Waals surface area contributed by atoms with Gasteiger partial charge in [-0.05, 0) is 43.1 Å². The minimum atomic E-state index is -1.41. The fraction of sp³-hybridized carbons (Fsp3) is 0.321. The lowest BCUT2D eigenvalue weighted by Gasteiger charge is -2.40. The predicted molar refractivity (Wildman–Crippen MR) is 133 cm³/mol. The SMILES string of the molecule is CC.CN.COc1nc(C#N)cc2c1C1(O)CCC(c3ccccc3)C1(c1ccc(C#N)cc1)O2. The van der Waals surface area contributed by atoms with Crippen molar-refractivity contribution in [3.63, 3.8) is 0 Å². The zero-order valence-corrected chi connectivity index (χ0v) is 20.4. The highest BCUT2D eigenvalue weighted by Crippen LogP contribution is 2.67. The third kappa shape index (κ3) is 3.89. The van der Waals surface area contributed by atoms with Crippen molar-refractivity contribution < 1.29 is 14.6 Å². The lowest BCUT2D eigenvalue weighted by molar-refractivity contribution is -0.106. The van der Waals surface area contributed by atoms with Crippen LogP contribution in [0, 0.1) is 22.7 Å². The molecule has 2 aromatic carbocycles. The van der Waals surface area contributed by atoms with Crippen molar-refractivity contribution in [2.45, 2.75) is 43.8 Å². The first-order valence-corrected chi connectivity index (χ1v) is 11.6. The summed E-state index contributed by atoms with van der Waals surface area (Å²) in [6.45, 7) is 4.00. The van der Waals surface area contributed by atoms with Gasteiger partial charge in [-0.25, -0.2) is 4.98 Å². The van der Waals surface area contributed by atoms with Crippen molar-refractivity contribution >= 4 is 0 Å². The van der Waals surface area contributed by atoms with Crippen LogP contribution in [-0.4, -0.2) is 24.2 Å². The van der Waals surface area contributed by atoms with E-state index in [1.165, 1.54) is 14.2 Å². The summed E-state index contributed by atoms with van der Waals surface area (Å²) in [5.41, 5.74) is 4.90. The molecule has 1 aromatic heterocycles. The molecule has 1 saturated carbocycles. The largest absolute Gasteiger partial charge is 0.481 e. The molecule has 180 valence electrons. The maximum Gasteiger partial charge on any atom is 0.224 e. The van der Waals surface area contributed by atoms with Crippen molar-refractivity contribution in [2.24, 2.45) is 5.73 Å². The summed E-state index contributed by atoms with van der Waals surface area (Å²) in [6.07, 6.45) is 1.12. The van der Waals surface area contributed by atoms with Gasteiger partial charge in [0.2, 0.25) is 5.88 Å². The summed E-state index contributed by atoms with van der Waals surface area (Å²) < 4.78 is 12.1. The van der Waals surface area contributed by atoms with Crippen LogP contribution in [0.4, 0.5) is 0 Å². The summed E-state index contributed by atoms with van der Waals surface area (Å²) in [7, 11) is 2.97. The lowest BCUT2D eigenvalue weighted by atomic mass is 9.72. The van der Waals surface area contributed by atoms with Crippen LogP contribution in [0.25, 0.3) is 0 Å². The Morgan fingerprint density at radius 1 is 1.06 bits per heavy atom. The first-order valence-electron chi connectivity index (χ1n) is 11.6. The van der Waals surface area contributed by atoms with Gasteiger partial charge in [0.1, 0.15) is 23.1 Å². The Hall–Kier alpha value is -3.91. The van der Waals surface area contributed by atoms with E-state index < -0.39 is 11.2 Å². The van der Waals surface area contributed by atoms with Gasteiger partial charge in [0.25, 0.3) is 0 Å². The van der Waals surface area contributed by atoms with Crippen LogP contribution in [0.5, 0.6) is 11.6 Å². The van der Waals surface area contributed by atoms with Crippen LogP contribution in [-0.2, 0) is 11.2 Å². The fourth-order valence-corrected chi connectivity index (χ4v) is 5.21. The molecular weight excluding hydrogens is 440 g/mol. The molecule has 0 radical (unpaired) electrons. The number of aromatic nitrogens is 1. The summed E-state index contributed by atoms with van der Waals surface area (Å²) in [5.74, 6) is 0.436. The lowest BCUT2D eigenvalue weighted by Crippen LogP contribution is -2.48. The van der Waals surface area contributed by atoms with E-state index in [1.54, 1.807) is 18.2 Å². The molecule has 5 rings (SSSR count). The number of benzene rings is 2. The zero-order chi connectivity index (χ0) is 25.6. The fourth-order valence-electron chi connectivity index (χ4n) is 5.21. The third-order valence-electron chi connectivity index (χ3n) is 6.49. The first kappa shape index (κ1) is 25.7. The average Bonchev–Trinajstić information content (AvgIpc) is 3.37. The standard InChI is InChI=1S/C25H19N3O3.C2H6.CH5N/c1-30-23-22-21(13-19(15-27)28-23)31-25(18-9-7-16(14-26)8-10-18)20(11-12-24(22,25)29)17-5-3-2-4-6-17;2*1-2/h2-10,13,20,29H,11-12H2,1H3;1-2H3;2H2,1H3. The molecule has 7 heteroatoms. The molecule has 1 aliphatic carbocycles. The number of rotatable bonds is 3. The molecule has 1 fully saturated rings. The number of hydrogen-bond donors (Lipinski definition) is 2. The Bertz CT molecular complexity index is 1250. The minimum Gasteiger partial charge on any atom is -0.481 e. The van der Waals surface area contributed by atoms with Crippen LogP contribution >= 0.6 is 0 Å². The van der Waals surface area contributed by atoms with E-state index in [2.05, 4.69) is 16.8 Å². The van der Waals surface area contributed by atoms with Gasteiger partial charge in [-0.3, -0.25) is 0 Å². The second kappa shape index (κ2) is 10.6. The van der Waals surface area contributed by atoms with E-state index in [0.29, 0.717) is 29.7 Å². The van der Waals surface area contributed by atoms with Gasteiger partial charge in [0.05, 0.1) is 24.3 Å². The predicted octanol–water partition coefficient (Wildman–Crippen LogP) is 4.49. The van der Waals surface area contributed by atoms with Gasteiger partial charge in [-0.15, -0.1) is 0 Å². The van der Waals surface area contributed by atoms with E-state index >= 15 is 0 Å². The molecule has 35 heavy (non-hydrogen) atoms. The quantitative estimate of drug-likeness (QED) is 0.578. The molecule has 1 aliphatic heterocycles. The number of nitriles is 2. The Morgan fingerprint density at radius 3 is 2.29 bits per heavy atom. The van der Waals surface area contributed by atoms with E-state index in [0.717, 1.165) is 11.1 Å². The highest BCUT2D eigenvalue weighted by atomic mass is 16.5. The van der Waals surface area contributed by atoms with Gasteiger partial charge in [0, 0.05) is 12.0 Å². The van der Waals surface area contributed by atoms with Crippen molar-refractivity contribution in [1.82, 2.24) is 4.98 Å². The normalized spacial score (nSPS) is 23.0. The molecule has 3 atom stereocenters. The smallest absolute Gasteiger partial charge is 0.224 e. The number of fused-ring (bicyclic) bond motifs is 3. The number of nitrogens with zero attached hydrogens (tertiary/aromatic N) is 3. The van der Waals surface area contributed by atoms with Gasteiger partial charge in [-0.2, -0.15) is 10.5 Å². The number of methoxy groups -OCH3 is 1. The van der Waals surface area contributed by atoms with Crippen molar-refractivity contribution in [1.29, 1.82) is 10.5 Å². The molecule has 0 saturated heterocycles. The number of pyridine rings is 1. The topological polar surface area (TPSA) is 125 Å². The van der Waals surface area contributed by atoms with Crippen LogP contribution in [0.2, 0.25) is 0 Å². The summed E-state index contributed by atoms with van der Waals surface area (Å²) in [5, 5.41) is 30.9. The van der Waals surface area contributed by atoms with E-state index in [1.807, 2.05) is 62.4 Å². The molecule has 7 nitrogen and oxygen atoms in total. The first-order chi connectivity index (χ1) is 17.1. The van der Waals surface area contributed by atoms with Gasteiger partial charge in [-0.1, -0.05) is 56.3 Å². The van der Waals surface area contributed by atoms with Crippen LogP contribution < -0.4 is 15.2 Å². The molecule has 3 N–H and O–H groups in total. The molecule has 3 unspecified atom stereocenters. The van der Waals surface area contributed by atoms with Crippen molar-refractivity contribution in [3.05, 3.63) is 88.6 Å². The average molecular weight is 471 g/mol. The number of ether oxygens (including phenoxy) is 2. The molecule has 3 aromatic rings. The van der Waals surface area contributed by atoms with Crippen LogP contribution in [0.3, 0.4) is 0 Å². The van der Waals surface area contributed by atoms with Gasteiger partial charge < -0.3 is 20.3 Å². The maximum absolute atomic E-state index is 12.2. The number of aliphatic hydroxyl groups is 1. The Labute approximate surface area is 206 Å². The Kier molecular flexibility index (Phi) is 7.76. The maximum atomic E-state index is 12.2. The highest BCUT2D eigenvalue weighted by Gasteiger charge is 2.69. The van der Waals surface area contributed by atoms with Crippen molar-refractivity contribution in [2.75, 3.05) is 14.2 Å². The molecule has 2 heterocycles. The number of nitrogens with two attached hydrogens (primary N) is 1. The second-order valence-corrected chi connectivity index (χ2v) is 7.89. The zero-order valence-electron chi connectivity index (χ0n) is 20.4. The molecule has 0 bridgehead atoms. The third-order valence-corrected chi connectivity index (χ3v) is 6.49. The monoisotopic (exact) mass is 470 g/mol. The van der Waals surface area contributed by atoms with E-state index in [-0.39, 0.29) is 17.5 Å². The Balaban J connectivity index is 0.000000815. The van der Waals surface area contributed by atoms with Crippen LogP contribution in [0.1, 0.15) is 60.6 Å². The molecule has 0 amide bonds. The molecule has 0 spiro atoms. The minimum absolute atomic E-state index is 0.158. The van der Waals surface area contributed by atoms with Gasteiger partial charge >= 0.3 is 0 Å². The summed E-state index contributed by atoms with van der Waals surface area (Å²) in [6, 6.07) is 22.8. The summed E-state index contributed by atoms with van der Waals surface area (Å²) >= 11 is 0. The molecular formula is C28H30N4O3. The van der Waals surface area contributed by atoms with Gasteiger partial charge in [0.15, 0.2) is 5.60 Å². The van der Waals surface area contributed by atoms with Crippen molar-refractivity contribution in [3.8, 4) is 23.8 Å².